The SMILES string of the molecule is CCCN(Cc1cc(/C(N)=N/O)ccc1OC)C1CC1. The number of ether oxygens (including phenoxy) is 1. The smallest absolute Gasteiger partial charge is 0.170 e. The third-order valence-electron chi connectivity index (χ3n) is 3.63. The highest BCUT2D eigenvalue weighted by Crippen LogP contribution is 2.30. The monoisotopic (exact) mass is 277 g/mol. The topological polar surface area (TPSA) is 71.1 Å². The van der Waals surface area contributed by atoms with Crippen LogP contribution in [0.15, 0.2) is 23.4 Å². The normalized spacial score (nSPS) is 15.7. The van der Waals surface area contributed by atoms with Gasteiger partial charge in [-0.25, -0.2) is 0 Å². The number of nitrogens with zero attached hydrogens (tertiary/aromatic N) is 2. The first kappa shape index (κ1) is 14.7. The van der Waals surface area contributed by atoms with Crippen LogP contribution in [-0.4, -0.2) is 35.6 Å². The summed E-state index contributed by atoms with van der Waals surface area (Å²) >= 11 is 0. The molecule has 0 amide bonds. The van der Waals surface area contributed by atoms with E-state index in [1.54, 1.807) is 13.2 Å². The van der Waals surface area contributed by atoms with Crippen LogP contribution in [0.4, 0.5) is 0 Å². The van der Waals surface area contributed by atoms with Crippen molar-refractivity contribution < 1.29 is 9.94 Å². The summed E-state index contributed by atoms with van der Waals surface area (Å²) in [6.45, 7) is 4.12. The Morgan fingerprint density at radius 3 is 2.80 bits per heavy atom. The van der Waals surface area contributed by atoms with Gasteiger partial charge in [-0.3, -0.25) is 4.90 Å². The summed E-state index contributed by atoms with van der Waals surface area (Å²) in [4.78, 5) is 2.48. The third-order valence-corrected chi connectivity index (χ3v) is 3.63. The molecule has 0 saturated heterocycles. The van der Waals surface area contributed by atoms with Gasteiger partial charge < -0.3 is 15.7 Å². The lowest BCUT2D eigenvalue weighted by Crippen LogP contribution is -2.26. The molecule has 0 radical (unpaired) electrons. The quantitative estimate of drug-likeness (QED) is 0.347. The number of benzene rings is 1. The molecule has 110 valence electrons. The summed E-state index contributed by atoms with van der Waals surface area (Å²) in [6.07, 6.45) is 3.70. The molecule has 0 aliphatic heterocycles. The van der Waals surface area contributed by atoms with Crippen molar-refractivity contribution in [1.29, 1.82) is 0 Å². The first-order valence-electron chi connectivity index (χ1n) is 7.08. The zero-order chi connectivity index (χ0) is 14.5. The molecule has 0 unspecified atom stereocenters. The van der Waals surface area contributed by atoms with E-state index in [-0.39, 0.29) is 5.84 Å². The Kier molecular flexibility index (Phi) is 4.84. The van der Waals surface area contributed by atoms with Gasteiger partial charge in [0.2, 0.25) is 0 Å². The van der Waals surface area contributed by atoms with Gasteiger partial charge in [-0.15, -0.1) is 0 Å². The number of hydrogen-bond acceptors (Lipinski definition) is 4. The van der Waals surface area contributed by atoms with Gasteiger partial charge in [0, 0.05) is 23.7 Å². The van der Waals surface area contributed by atoms with Crippen molar-refractivity contribution >= 4 is 5.84 Å². The molecule has 0 bridgehead atoms. The van der Waals surface area contributed by atoms with E-state index >= 15 is 0 Å². The van der Waals surface area contributed by atoms with Crippen LogP contribution in [0.5, 0.6) is 5.75 Å². The van der Waals surface area contributed by atoms with Crippen molar-refractivity contribution in [2.75, 3.05) is 13.7 Å². The predicted octanol–water partition coefficient (Wildman–Crippen LogP) is 2.16. The van der Waals surface area contributed by atoms with E-state index in [4.69, 9.17) is 15.7 Å². The minimum atomic E-state index is 0.127. The van der Waals surface area contributed by atoms with Gasteiger partial charge in [0.1, 0.15) is 5.75 Å². The molecule has 2 rings (SSSR count). The fourth-order valence-electron chi connectivity index (χ4n) is 2.46. The Morgan fingerprint density at radius 1 is 1.50 bits per heavy atom. The van der Waals surface area contributed by atoms with E-state index in [0.717, 1.165) is 36.4 Å². The fraction of sp³-hybridized carbons (Fsp3) is 0.533. The van der Waals surface area contributed by atoms with E-state index in [0.29, 0.717) is 6.04 Å². The molecular formula is C15H23N3O2. The van der Waals surface area contributed by atoms with Crippen LogP contribution in [0.3, 0.4) is 0 Å². The van der Waals surface area contributed by atoms with Crippen LogP contribution in [0.25, 0.3) is 0 Å². The first-order valence-corrected chi connectivity index (χ1v) is 7.08. The second-order valence-electron chi connectivity index (χ2n) is 5.21. The van der Waals surface area contributed by atoms with E-state index in [1.807, 2.05) is 12.1 Å². The van der Waals surface area contributed by atoms with Gasteiger partial charge >= 0.3 is 0 Å². The molecule has 1 aromatic carbocycles. The van der Waals surface area contributed by atoms with Gasteiger partial charge in [-0.1, -0.05) is 12.1 Å². The van der Waals surface area contributed by atoms with E-state index in [2.05, 4.69) is 17.0 Å². The Labute approximate surface area is 120 Å². The number of rotatable bonds is 7. The summed E-state index contributed by atoms with van der Waals surface area (Å²) in [5.41, 5.74) is 7.46. The second kappa shape index (κ2) is 6.61. The van der Waals surface area contributed by atoms with E-state index < -0.39 is 0 Å². The summed E-state index contributed by atoms with van der Waals surface area (Å²) in [5, 5.41) is 11.8. The summed E-state index contributed by atoms with van der Waals surface area (Å²) in [7, 11) is 1.67. The van der Waals surface area contributed by atoms with Crippen LogP contribution in [0, 0.1) is 0 Å². The molecule has 1 aromatic rings. The lowest BCUT2D eigenvalue weighted by molar-refractivity contribution is 0.251. The molecule has 1 saturated carbocycles. The molecule has 0 spiro atoms. The number of oxime groups is 1. The Balaban J connectivity index is 2.22. The maximum atomic E-state index is 8.79. The molecule has 5 nitrogen and oxygen atoms in total. The number of amidine groups is 1. The number of methoxy groups -OCH3 is 1. The Morgan fingerprint density at radius 2 is 2.25 bits per heavy atom. The van der Waals surface area contributed by atoms with E-state index in [9.17, 15) is 0 Å². The molecule has 1 aliphatic rings. The van der Waals surface area contributed by atoms with Crippen molar-refractivity contribution in [3.8, 4) is 5.75 Å². The molecule has 1 aliphatic carbocycles. The molecule has 3 N–H and O–H groups in total. The highest BCUT2D eigenvalue weighted by atomic mass is 16.5. The zero-order valence-electron chi connectivity index (χ0n) is 12.2. The summed E-state index contributed by atoms with van der Waals surface area (Å²) in [5.74, 6) is 0.976. The standard InChI is InChI=1S/C15H23N3O2/c1-3-8-18(13-5-6-13)10-12-9-11(15(16)17-19)4-7-14(12)20-2/h4,7,9,13,19H,3,5-6,8,10H2,1-2H3,(H2,16,17). The summed E-state index contributed by atoms with van der Waals surface area (Å²) in [6, 6.07) is 6.32. The van der Waals surface area contributed by atoms with Gasteiger partial charge in [0.05, 0.1) is 7.11 Å². The third kappa shape index (κ3) is 3.42. The minimum absolute atomic E-state index is 0.127. The van der Waals surface area contributed by atoms with Crippen molar-refractivity contribution in [1.82, 2.24) is 4.90 Å². The molecular weight excluding hydrogens is 254 g/mol. The van der Waals surface area contributed by atoms with Crippen molar-refractivity contribution in [2.45, 2.75) is 38.8 Å². The van der Waals surface area contributed by atoms with Crippen molar-refractivity contribution in [3.05, 3.63) is 29.3 Å². The highest BCUT2D eigenvalue weighted by molar-refractivity contribution is 5.97. The maximum Gasteiger partial charge on any atom is 0.170 e. The Bertz CT molecular complexity index is 484. The first-order chi connectivity index (χ1) is 9.69. The zero-order valence-corrected chi connectivity index (χ0v) is 12.2. The maximum absolute atomic E-state index is 8.79. The number of hydrogen-bond donors (Lipinski definition) is 2. The van der Waals surface area contributed by atoms with Gasteiger partial charge in [0.25, 0.3) is 0 Å². The van der Waals surface area contributed by atoms with Crippen LogP contribution in [0.1, 0.15) is 37.3 Å². The summed E-state index contributed by atoms with van der Waals surface area (Å²) < 4.78 is 5.42. The lowest BCUT2D eigenvalue weighted by Gasteiger charge is -2.22. The van der Waals surface area contributed by atoms with Crippen LogP contribution in [-0.2, 0) is 6.54 Å². The molecule has 20 heavy (non-hydrogen) atoms. The van der Waals surface area contributed by atoms with Crippen LogP contribution >= 0.6 is 0 Å². The highest BCUT2D eigenvalue weighted by Gasteiger charge is 2.28. The molecule has 0 heterocycles. The van der Waals surface area contributed by atoms with Gasteiger partial charge in [-0.2, -0.15) is 0 Å². The molecule has 5 heteroatoms. The molecule has 0 aromatic heterocycles. The van der Waals surface area contributed by atoms with Crippen LogP contribution < -0.4 is 10.5 Å². The number of nitrogens with two attached hydrogens (primary N) is 1. The molecule has 1 fully saturated rings. The van der Waals surface area contributed by atoms with Gasteiger partial charge in [-0.05, 0) is 44.0 Å². The minimum Gasteiger partial charge on any atom is -0.496 e. The van der Waals surface area contributed by atoms with Crippen LogP contribution in [0.2, 0.25) is 0 Å². The second-order valence-corrected chi connectivity index (χ2v) is 5.21. The largest absolute Gasteiger partial charge is 0.496 e. The average molecular weight is 277 g/mol. The van der Waals surface area contributed by atoms with Crippen molar-refractivity contribution in [3.63, 3.8) is 0 Å². The van der Waals surface area contributed by atoms with Gasteiger partial charge in [0.15, 0.2) is 5.84 Å². The van der Waals surface area contributed by atoms with E-state index in [1.165, 1.54) is 12.8 Å². The lowest BCUT2D eigenvalue weighted by atomic mass is 10.1. The average Bonchev–Trinajstić information content (AvgIpc) is 3.30. The fourth-order valence-corrected chi connectivity index (χ4v) is 2.46. The van der Waals surface area contributed by atoms with Crippen molar-refractivity contribution in [2.24, 2.45) is 10.9 Å². The molecule has 0 atom stereocenters. The predicted molar refractivity (Wildman–Crippen MR) is 79.2 cm³/mol. The Hall–Kier alpha value is -1.75.